The van der Waals surface area contributed by atoms with E-state index in [1.54, 1.807) is 23.5 Å². The van der Waals surface area contributed by atoms with Gasteiger partial charge >= 0.3 is 6.09 Å². The fraction of sp³-hybridized carbons (Fsp3) is 0.297. The van der Waals surface area contributed by atoms with Gasteiger partial charge in [0.2, 0.25) is 5.56 Å². The number of hydrogen-bond donors (Lipinski definition) is 5. The van der Waals surface area contributed by atoms with Crippen molar-refractivity contribution >= 4 is 45.1 Å². The number of phenolic OH excluding ortho intramolecular Hbond substituents is 1. The molecule has 12 nitrogen and oxygen atoms in total. The van der Waals surface area contributed by atoms with Gasteiger partial charge in [-0.25, -0.2) is 9.48 Å². The van der Waals surface area contributed by atoms with Gasteiger partial charge in [0.25, 0.3) is 0 Å². The van der Waals surface area contributed by atoms with Gasteiger partial charge < -0.3 is 30.2 Å². The number of likely N-dealkylation sites (tertiary alicyclic amines) is 1. The summed E-state index contributed by atoms with van der Waals surface area (Å²) in [5.74, 6) is -0.0379. The number of rotatable bonds is 12. The zero-order chi connectivity index (χ0) is 34.5. The van der Waals surface area contributed by atoms with Crippen LogP contribution in [0.25, 0.3) is 32.4 Å². The van der Waals surface area contributed by atoms with Crippen molar-refractivity contribution in [2.45, 2.75) is 44.6 Å². The number of piperidine rings is 1. The number of aromatic hydroxyl groups is 1. The molecule has 0 saturated carbocycles. The molecular weight excluding hydrogens is 655 g/mol. The topological polar surface area (TPSA) is 158 Å². The van der Waals surface area contributed by atoms with E-state index in [4.69, 9.17) is 4.74 Å². The van der Waals surface area contributed by atoms with Gasteiger partial charge in [-0.05, 0) is 78.2 Å². The van der Waals surface area contributed by atoms with E-state index in [2.05, 4.69) is 30.8 Å². The minimum Gasteiger partial charge on any atom is -0.506 e. The van der Waals surface area contributed by atoms with Gasteiger partial charge in [-0.3, -0.25) is 10.1 Å². The number of H-pyrrole nitrogens is 1. The van der Waals surface area contributed by atoms with Gasteiger partial charge in [0.1, 0.15) is 17.4 Å². The zero-order valence-electron chi connectivity index (χ0n) is 27.4. The lowest BCUT2D eigenvalue weighted by Crippen LogP contribution is -2.39. The lowest BCUT2D eigenvalue weighted by Gasteiger charge is -2.31. The number of nitrogens with zero attached hydrogens (tertiary/aromatic N) is 4. The van der Waals surface area contributed by atoms with Crippen molar-refractivity contribution in [2.75, 3.05) is 31.5 Å². The van der Waals surface area contributed by atoms with Gasteiger partial charge in [0.15, 0.2) is 0 Å². The Bertz CT molecular complexity index is 2140. The summed E-state index contributed by atoms with van der Waals surface area (Å²) < 4.78 is 7.71. The van der Waals surface area contributed by atoms with Gasteiger partial charge in [-0.2, -0.15) is 0 Å². The number of amides is 1. The fourth-order valence-corrected chi connectivity index (χ4v) is 7.37. The molecule has 5 N–H and O–H groups in total. The quantitative estimate of drug-likeness (QED) is 0.110. The Morgan fingerprint density at radius 3 is 2.72 bits per heavy atom. The first kappa shape index (κ1) is 33.4. The van der Waals surface area contributed by atoms with E-state index in [1.165, 1.54) is 12.1 Å². The molecule has 3 aromatic heterocycles. The third-order valence-corrected chi connectivity index (χ3v) is 10.1. The molecule has 0 spiro atoms. The predicted molar refractivity (Wildman–Crippen MR) is 194 cm³/mol. The average molecular weight is 694 g/mol. The number of anilines is 1. The first-order valence-electron chi connectivity index (χ1n) is 16.8. The highest BCUT2D eigenvalue weighted by atomic mass is 32.1. The van der Waals surface area contributed by atoms with E-state index in [1.807, 2.05) is 64.7 Å². The number of nitrogens with one attached hydrogen (secondary N) is 3. The van der Waals surface area contributed by atoms with Gasteiger partial charge in [0, 0.05) is 44.2 Å². The Morgan fingerprint density at radius 1 is 1.04 bits per heavy atom. The number of aromatic nitrogens is 4. The Balaban J connectivity index is 0.838. The maximum absolute atomic E-state index is 12.7. The van der Waals surface area contributed by atoms with Gasteiger partial charge in [0.05, 0.1) is 27.7 Å². The minimum absolute atomic E-state index is 0.0379. The number of fused-ring (bicyclic) bond motifs is 2. The Labute approximate surface area is 292 Å². The number of thiophene rings is 1. The molecule has 1 fully saturated rings. The largest absolute Gasteiger partial charge is 0.506 e. The van der Waals surface area contributed by atoms with E-state index < -0.39 is 12.2 Å². The number of hydrogen-bond acceptors (Lipinski definition) is 10. The second-order valence-electron chi connectivity index (χ2n) is 12.5. The fourth-order valence-electron chi connectivity index (χ4n) is 6.51. The molecular formula is C37H39N7O5S. The number of carbonyl (C=O) groups is 1. The predicted octanol–water partition coefficient (Wildman–Crippen LogP) is 5.63. The molecule has 258 valence electrons. The van der Waals surface area contributed by atoms with Crippen LogP contribution in [0.5, 0.6) is 5.75 Å². The monoisotopic (exact) mass is 693 g/mol. The van der Waals surface area contributed by atoms with Crippen LogP contribution in [0.15, 0.2) is 89.0 Å². The first-order chi connectivity index (χ1) is 24.4. The van der Waals surface area contributed by atoms with E-state index in [0.29, 0.717) is 23.0 Å². The standard InChI is InChI=1S/C37H39N7O5S/c45-32-11-8-27(28-9-12-34(47)40-35(28)32)33(46)23-38-22-24-7-10-31-30(21-24)41-42-44(31)17-4-16-43-18-13-26(14-19-43)49-37(48)39-29-15-20-50-36(29)25-5-2-1-3-6-25/h1-3,5-12,15,20-21,26,33,38,45-46H,4,13-14,16-19,22-23H2,(H,39,48)(H,40,47)/t33-/m0/s1. The van der Waals surface area contributed by atoms with E-state index >= 15 is 0 Å². The van der Waals surface area contributed by atoms with Crippen LogP contribution in [-0.4, -0.2) is 73.5 Å². The highest BCUT2D eigenvalue weighted by Gasteiger charge is 2.23. The van der Waals surface area contributed by atoms with E-state index in [-0.39, 0.29) is 24.0 Å². The van der Waals surface area contributed by atoms with Crippen molar-refractivity contribution in [1.82, 2.24) is 30.2 Å². The summed E-state index contributed by atoms with van der Waals surface area (Å²) in [6, 6.07) is 24.1. The summed E-state index contributed by atoms with van der Waals surface area (Å²) in [6.45, 7) is 4.22. The van der Waals surface area contributed by atoms with Gasteiger partial charge in [-0.15, -0.1) is 16.4 Å². The van der Waals surface area contributed by atoms with Crippen molar-refractivity contribution in [3.05, 3.63) is 106 Å². The first-order valence-corrected chi connectivity index (χ1v) is 17.7. The average Bonchev–Trinajstić information content (AvgIpc) is 3.76. The molecule has 4 heterocycles. The molecule has 6 aromatic rings. The SMILES string of the molecule is O=C(Nc1ccsc1-c1ccccc1)OC1CCN(CCCn2nnc3cc(CNC[C@H](O)c4ccc(O)c5[nH]c(=O)ccc45)ccc32)CC1. The van der Waals surface area contributed by atoms with E-state index in [9.17, 15) is 19.8 Å². The number of pyridine rings is 1. The zero-order valence-corrected chi connectivity index (χ0v) is 28.2. The minimum atomic E-state index is -0.837. The lowest BCUT2D eigenvalue weighted by molar-refractivity contribution is 0.0583. The Kier molecular flexibility index (Phi) is 10.2. The van der Waals surface area contributed by atoms with Crippen molar-refractivity contribution in [3.63, 3.8) is 0 Å². The molecule has 1 atom stereocenters. The third-order valence-electron chi connectivity index (χ3n) is 9.10. The highest BCUT2D eigenvalue weighted by Crippen LogP contribution is 2.34. The summed E-state index contributed by atoms with van der Waals surface area (Å²) in [4.78, 5) is 30.4. The van der Waals surface area contributed by atoms with Crippen molar-refractivity contribution in [2.24, 2.45) is 0 Å². The number of ether oxygens (including phenoxy) is 1. The van der Waals surface area contributed by atoms with E-state index in [0.717, 1.165) is 78.2 Å². The Hall–Kier alpha value is -5.08. The molecule has 1 aliphatic heterocycles. The van der Waals surface area contributed by atoms with Crippen LogP contribution in [0.1, 0.15) is 36.5 Å². The van der Waals surface area contributed by atoms with Crippen LogP contribution in [-0.2, 0) is 17.8 Å². The smallest absolute Gasteiger partial charge is 0.411 e. The number of aliphatic hydroxyl groups is 1. The Morgan fingerprint density at radius 2 is 1.88 bits per heavy atom. The summed E-state index contributed by atoms with van der Waals surface area (Å²) in [7, 11) is 0. The van der Waals surface area contributed by atoms with Crippen LogP contribution in [0, 0.1) is 0 Å². The van der Waals surface area contributed by atoms with Crippen molar-refractivity contribution in [1.29, 1.82) is 0 Å². The van der Waals surface area contributed by atoms with Crippen LogP contribution in [0.2, 0.25) is 0 Å². The third kappa shape index (κ3) is 7.71. The molecule has 1 saturated heterocycles. The normalized spacial score (nSPS) is 14.7. The van der Waals surface area contributed by atoms with Crippen LogP contribution in [0.3, 0.4) is 0 Å². The van der Waals surface area contributed by atoms with Crippen molar-refractivity contribution in [3.8, 4) is 16.2 Å². The summed E-state index contributed by atoms with van der Waals surface area (Å²) in [6.07, 6.45) is 1.18. The highest BCUT2D eigenvalue weighted by molar-refractivity contribution is 7.14. The van der Waals surface area contributed by atoms with Crippen LogP contribution >= 0.6 is 11.3 Å². The van der Waals surface area contributed by atoms with Crippen LogP contribution < -0.4 is 16.2 Å². The number of aromatic amines is 1. The number of benzene rings is 3. The van der Waals surface area contributed by atoms with Gasteiger partial charge in [-0.1, -0.05) is 47.7 Å². The molecule has 7 rings (SSSR count). The molecule has 1 amide bonds. The molecule has 0 aliphatic carbocycles. The number of aliphatic hydroxyl groups excluding tert-OH is 1. The lowest BCUT2D eigenvalue weighted by atomic mass is 10.0. The number of phenols is 1. The van der Waals surface area contributed by atoms with Crippen molar-refractivity contribution < 1.29 is 19.7 Å². The summed E-state index contributed by atoms with van der Waals surface area (Å²) in [5.41, 5.74) is 5.25. The summed E-state index contributed by atoms with van der Waals surface area (Å²) >= 11 is 1.59. The number of carbonyl (C=O) groups excluding carboxylic acids is 1. The van der Waals surface area contributed by atoms with Crippen LogP contribution in [0.4, 0.5) is 10.5 Å². The molecule has 0 unspecified atom stereocenters. The molecule has 3 aromatic carbocycles. The molecule has 1 aliphatic rings. The molecule has 0 radical (unpaired) electrons. The maximum Gasteiger partial charge on any atom is 0.411 e. The molecule has 13 heteroatoms. The second kappa shape index (κ2) is 15.2. The number of aryl methyl sites for hydroxylation is 1. The maximum atomic E-state index is 12.7. The molecule has 50 heavy (non-hydrogen) atoms. The summed E-state index contributed by atoms with van der Waals surface area (Å²) in [5, 5.41) is 38.5. The molecule has 0 bridgehead atoms. The second-order valence-corrected chi connectivity index (χ2v) is 13.4.